The number of amides is 5. The zero-order valence-electron chi connectivity index (χ0n) is 16.0. The third kappa shape index (κ3) is 3.59. The van der Waals surface area contributed by atoms with Gasteiger partial charge in [0.05, 0.1) is 6.61 Å². The standard InChI is InChI=1S/C18H28N4O5/c1-3-27-17(26)21-10-8-20(9-11-21)14(23)12-22-15(24)18(19-16(22)25)7-5-4-6-13(18)2/h13H,3-12H2,1-2H3,(H,19,25). The predicted molar refractivity (Wildman–Crippen MR) is 95.8 cm³/mol. The fourth-order valence-electron chi connectivity index (χ4n) is 4.23. The second-order valence-electron chi connectivity index (χ2n) is 7.51. The summed E-state index contributed by atoms with van der Waals surface area (Å²) in [6.07, 6.45) is 3.08. The highest BCUT2D eigenvalue weighted by molar-refractivity contribution is 6.09. The smallest absolute Gasteiger partial charge is 0.409 e. The van der Waals surface area contributed by atoms with Crippen LogP contribution in [0.1, 0.15) is 39.5 Å². The summed E-state index contributed by atoms with van der Waals surface area (Å²) in [5, 5.41) is 2.86. The number of hydrogen-bond acceptors (Lipinski definition) is 5. The lowest BCUT2D eigenvalue weighted by atomic mass is 9.73. The monoisotopic (exact) mass is 380 g/mol. The molecule has 2 heterocycles. The third-order valence-corrected chi connectivity index (χ3v) is 5.95. The average Bonchev–Trinajstić information content (AvgIpc) is 2.89. The van der Waals surface area contributed by atoms with Gasteiger partial charge in [-0.3, -0.25) is 14.5 Å². The molecule has 9 heteroatoms. The van der Waals surface area contributed by atoms with Crippen molar-refractivity contribution in [2.45, 2.75) is 45.1 Å². The molecular formula is C18H28N4O5. The van der Waals surface area contributed by atoms with E-state index in [9.17, 15) is 19.2 Å². The Kier molecular flexibility index (Phi) is 5.57. The van der Waals surface area contributed by atoms with Crippen LogP contribution < -0.4 is 5.32 Å². The van der Waals surface area contributed by atoms with Gasteiger partial charge >= 0.3 is 12.1 Å². The summed E-state index contributed by atoms with van der Waals surface area (Å²) in [5.74, 6) is -0.489. The summed E-state index contributed by atoms with van der Waals surface area (Å²) in [6.45, 7) is 5.28. The van der Waals surface area contributed by atoms with Gasteiger partial charge in [-0.1, -0.05) is 19.8 Å². The van der Waals surface area contributed by atoms with Crippen LogP contribution in [0.5, 0.6) is 0 Å². The largest absolute Gasteiger partial charge is 0.450 e. The van der Waals surface area contributed by atoms with Crippen LogP contribution in [0, 0.1) is 5.92 Å². The van der Waals surface area contributed by atoms with Crippen LogP contribution in [0.3, 0.4) is 0 Å². The zero-order chi connectivity index (χ0) is 19.6. The maximum absolute atomic E-state index is 12.9. The second kappa shape index (κ2) is 7.74. The van der Waals surface area contributed by atoms with Crippen LogP contribution in [0.25, 0.3) is 0 Å². The molecule has 0 aromatic rings. The number of nitrogens with zero attached hydrogens (tertiary/aromatic N) is 3. The Morgan fingerprint density at radius 1 is 1.15 bits per heavy atom. The maximum Gasteiger partial charge on any atom is 0.409 e. The van der Waals surface area contributed by atoms with Crippen molar-refractivity contribution in [1.29, 1.82) is 0 Å². The Bertz CT molecular complexity index is 631. The molecule has 0 radical (unpaired) electrons. The van der Waals surface area contributed by atoms with Crippen LogP contribution in [-0.4, -0.2) is 83.5 Å². The molecule has 0 bridgehead atoms. The average molecular weight is 380 g/mol. The number of hydrogen-bond donors (Lipinski definition) is 1. The topological polar surface area (TPSA) is 99.3 Å². The Morgan fingerprint density at radius 2 is 1.81 bits per heavy atom. The van der Waals surface area contributed by atoms with E-state index in [4.69, 9.17) is 4.74 Å². The molecule has 1 N–H and O–H groups in total. The highest BCUT2D eigenvalue weighted by atomic mass is 16.6. The van der Waals surface area contributed by atoms with Gasteiger partial charge in [-0.25, -0.2) is 9.59 Å². The summed E-state index contributed by atoms with van der Waals surface area (Å²) in [4.78, 5) is 53.9. The van der Waals surface area contributed by atoms with Crippen molar-refractivity contribution in [3.63, 3.8) is 0 Å². The first-order valence-electron chi connectivity index (χ1n) is 9.72. The molecule has 1 saturated carbocycles. The minimum Gasteiger partial charge on any atom is -0.450 e. The quantitative estimate of drug-likeness (QED) is 0.730. The summed E-state index contributed by atoms with van der Waals surface area (Å²) < 4.78 is 4.96. The molecule has 0 aromatic carbocycles. The van der Waals surface area contributed by atoms with Crippen LogP contribution >= 0.6 is 0 Å². The van der Waals surface area contributed by atoms with E-state index in [1.54, 1.807) is 16.7 Å². The highest BCUT2D eigenvalue weighted by Gasteiger charge is 2.55. The van der Waals surface area contributed by atoms with E-state index >= 15 is 0 Å². The summed E-state index contributed by atoms with van der Waals surface area (Å²) in [7, 11) is 0. The molecule has 9 nitrogen and oxygen atoms in total. The van der Waals surface area contributed by atoms with Gasteiger partial charge in [0, 0.05) is 26.2 Å². The van der Waals surface area contributed by atoms with Crippen LogP contribution in [0.2, 0.25) is 0 Å². The summed E-state index contributed by atoms with van der Waals surface area (Å²) in [6, 6.07) is -0.479. The van der Waals surface area contributed by atoms with Gasteiger partial charge in [0.2, 0.25) is 5.91 Å². The second-order valence-corrected chi connectivity index (χ2v) is 7.51. The predicted octanol–water partition coefficient (Wildman–Crippen LogP) is 0.788. The van der Waals surface area contributed by atoms with Gasteiger partial charge in [-0.2, -0.15) is 0 Å². The van der Waals surface area contributed by atoms with Crippen molar-refractivity contribution in [2.24, 2.45) is 5.92 Å². The Labute approximate surface area is 159 Å². The summed E-state index contributed by atoms with van der Waals surface area (Å²) >= 11 is 0. The van der Waals surface area contributed by atoms with E-state index in [2.05, 4.69) is 5.32 Å². The molecule has 3 fully saturated rings. The van der Waals surface area contributed by atoms with Gasteiger partial charge in [0.1, 0.15) is 12.1 Å². The van der Waals surface area contributed by atoms with Crippen LogP contribution in [-0.2, 0) is 14.3 Å². The number of imide groups is 1. The third-order valence-electron chi connectivity index (χ3n) is 5.95. The number of piperazine rings is 1. The molecule has 150 valence electrons. The van der Waals surface area contributed by atoms with Gasteiger partial charge in [0.25, 0.3) is 5.91 Å². The molecule has 27 heavy (non-hydrogen) atoms. The lowest BCUT2D eigenvalue weighted by Gasteiger charge is -2.37. The Hall–Kier alpha value is -2.32. The van der Waals surface area contributed by atoms with E-state index in [1.807, 2.05) is 6.92 Å². The van der Waals surface area contributed by atoms with Crippen molar-refractivity contribution in [3.8, 4) is 0 Å². The molecule has 3 rings (SSSR count). The lowest BCUT2D eigenvalue weighted by molar-refractivity contribution is -0.141. The van der Waals surface area contributed by atoms with Crippen LogP contribution in [0.4, 0.5) is 9.59 Å². The Balaban J connectivity index is 1.58. The van der Waals surface area contributed by atoms with Crippen molar-refractivity contribution in [3.05, 3.63) is 0 Å². The maximum atomic E-state index is 12.9. The number of urea groups is 1. The van der Waals surface area contributed by atoms with E-state index in [0.29, 0.717) is 39.2 Å². The molecule has 2 saturated heterocycles. The van der Waals surface area contributed by atoms with Gasteiger partial charge < -0.3 is 19.9 Å². The first-order valence-corrected chi connectivity index (χ1v) is 9.72. The minimum absolute atomic E-state index is 0.0657. The molecule has 1 spiro atoms. The van der Waals surface area contributed by atoms with E-state index < -0.39 is 11.6 Å². The Morgan fingerprint density at radius 3 is 2.44 bits per heavy atom. The number of rotatable bonds is 3. The van der Waals surface area contributed by atoms with Gasteiger partial charge in [0.15, 0.2) is 0 Å². The van der Waals surface area contributed by atoms with E-state index in [1.165, 1.54) is 0 Å². The molecule has 2 unspecified atom stereocenters. The van der Waals surface area contributed by atoms with E-state index in [-0.39, 0.29) is 30.4 Å². The van der Waals surface area contributed by atoms with Crippen molar-refractivity contribution in [2.75, 3.05) is 39.3 Å². The molecule has 0 aromatic heterocycles. The molecule has 5 amide bonds. The fourth-order valence-corrected chi connectivity index (χ4v) is 4.23. The number of nitrogens with one attached hydrogen (secondary N) is 1. The first-order chi connectivity index (χ1) is 12.9. The van der Waals surface area contributed by atoms with Crippen molar-refractivity contribution in [1.82, 2.24) is 20.0 Å². The first kappa shape index (κ1) is 19.4. The minimum atomic E-state index is -0.849. The number of ether oxygens (including phenoxy) is 1. The van der Waals surface area contributed by atoms with Crippen LogP contribution in [0.15, 0.2) is 0 Å². The number of carbonyl (C=O) groups is 4. The van der Waals surface area contributed by atoms with Gasteiger partial charge in [-0.15, -0.1) is 0 Å². The molecule has 2 aliphatic heterocycles. The highest BCUT2D eigenvalue weighted by Crippen LogP contribution is 2.38. The molecular weight excluding hydrogens is 352 g/mol. The van der Waals surface area contributed by atoms with Gasteiger partial charge in [-0.05, 0) is 25.7 Å². The SMILES string of the molecule is CCOC(=O)N1CCN(C(=O)CN2C(=O)NC3(CCCCC3C)C2=O)CC1. The lowest BCUT2D eigenvalue weighted by Crippen LogP contribution is -2.55. The summed E-state index contributed by atoms with van der Waals surface area (Å²) in [5.41, 5.74) is -0.849. The van der Waals surface area contributed by atoms with E-state index in [0.717, 1.165) is 24.2 Å². The van der Waals surface area contributed by atoms with Crippen molar-refractivity contribution < 1.29 is 23.9 Å². The number of carbonyl (C=O) groups excluding carboxylic acids is 4. The normalized spacial score (nSPS) is 28.5. The molecule has 3 aliphatic rings. The zero-order valence-corrected chi connectivity index (χ0v) is 16.0. The molecule has 2 atom stereocenters. The molecule has 1 aliphatic carbocycles. The fraction of sp³-hybridized carbons (Fsp3) is 0.778. The van der Waals surface area contributed by atoms with Crippen molar-refractivity contribution >= 4 is 23.9 Å².